The van der Waals surface area contributed by atoms with Gasteiger partial charge in [0.25, 0.3) is 0 Å². The maximum atomic E-state index is 12.8. The molecule has 1 aliphatic rings. The van der Waals surface area contributed by atoms with Crippen LogP contribution in [0.5, 0.6) is 5.75 Å². The van der Waals surface area contributed by atoms with Gasteiger partial charge in [-0.3, -0.25) is 9.36 Å². The standard InChI is InChI=1S/C24H27ClN4O2S/c1-16(23(30)26-15-17-11-13-19(31-2)14-12-17)32-24-28-27-22(20-9-5-6-10-21(20)25)29(24)18-7-3-4-8-18/h5-6,9-14,16,18H,3-4,7-8,15H2,1-2H3,(H,26,30)/t16-/m0/s1. The molecule has 3 aromatic rings. The molecule has 0 spiro atoms. The molecule has 2 aromatic carbocycles. The summed E-state index contributed by atoms with van der Waals surface area (Å²) in [4.78, 5) is 12.8. The maximum absolute atomic E-state index is 12.8. The second-order valence-corrected chi connectivity index (χ2v) is 9.64. The van der Waals surface area contributed by atoms with Crippen molar-refractivity contribution in [2.75, 3.05) is 7.11 Å². The third kappa shape index (κ3) is 5.10. The molecule has 1 N–H and O–H groups in total. The smallest absolute Gasteiger partial charge is 0.233 e. The largest absolute Gasteiger partial charge is 0.497 e. The van der Waals surface area contributed by atoms with E-state index in [9.17, 15) is 4.79 Å². The molecule has 6 nitrogen and oxygen atoms in total. The van der Waals surface area contributed by atoms with Crippen molar-refractivity contribution in [2.24, 2.45) is 0 Å². The normalized spacial score (nSPS) is 15.0. The van der Waals surface area contributed by atoms with E-state index in [0.717, 1.165) is 40.7 Å². The van der Waals surface area contributed by atoms with E-state index in [1.807, 2.05) is 55.5 Å². The number of methoxy groups -OCH3 is 1. The monoisotopic (exact) mass is 470 g/mol. The molecule has 0 radical (unpaired) electrons. The van der Waals surface area contributed by atoms with Crippen LogP contribution in [0.1, 0.15) is 44.2 Å². The molecule has 8 heteroatoms. The average molecular weight is 471 g/mol. The molecule has 168 valence electrons. The highest BCUT2D eigenvalue weighted by Gasteiger charge is 2.27. The number of rotatable bonds is 8. The van der Waals surface area contributed by atoms with Crippen LogP contribution in [0.15, 0.2) is 53.7 Å². The first-order chi connectivity index (χ1) is 15.6. The molecular weight excluding hydrogens is 444 g/mol. The Kier molecular flexibility index (Phi) is 7.37. The molecule has 1 atom stereocenters. The fourth-order valence-corrected chi connectivity index (χ4v) is 5.13. The number of ether oxygens (including phenoxy) is 1. The van der Waals surface area contributed by atoms with Gasteiger partial charge in [-0.25, -0.2) is 0 Å². The van der Waals surface area contributed by atoms with E-state index in [0.29, 0.717) is 17.6 Å². The van der Waals surface area contributed by atoms with Crippen LogP contribution in [0.4, 0.5) is 0 Å². The van der Waals surface area contributed by atoms with Gasteiger partial charge in [0, 0.05) is 18.2 Å². The number of benzene rings is 2. The minimum atomic E-state index is -0.309. The molecule has 0 aliphatic heterocycles. The van der Waals surface area contributed by atoms with Crippen LogP contribution in [0, 0.1) is 0 Å². The van der Waals surface area contributed by atoms with Gasteiger partial charge in [0.2, 0.25) is 5.91 Å². The molecule has 1 aliphatic carbocycles. The molecule has 1 heterocycles. The predicted octanol–water partition coefficient (Wildman–Crippen LogP) is 5.52. The first-order valence-electron chi connectivity index (χ1n) is 10.8. The summed E-state index contributed by atoms with van der Waals surface area (Å²) >= 11 is 7.90. The van der Waals surface area contributed by atoms with Crippen LogP contribution in [0.25, 0.3) is 11.4 Å². The second-order valence-electron chi connectivity index (χ2n) is 7.92. The molecule has 1 aromatic heterocycles. The van der Waals surface area contributed by atoms with Crippen LogP contribution >= 0.6 is 23.4 Å². The van der Waals surface area contributed by atoms with Gasteiger partial charge < -0.3 is 10.1 Å². The van der Waals surface area contributed by atoms with Gasteiger partial charge in [-0.1, -0.05) is 60.5 Å². The number of aromatic nitrogens is 3. The van der Waals surface area contributed by atoms with E-state index in [1.165, 1.54) is 24.6 Å². The number of amides is 1. The lowest BCUT2D eigenvalue weighted by Gasteiger charge is -2.19. The molecule has 0 saturated heterocycles. The van der Waals surface area contributed by atoms with E-state index in [2.05, 4.69) is 20.1 Å². The summed E-state index contributed by atoms with van der Waals surface area (Å²) < 4.78 is 7.37. The summed E-state index contributed by atoms with van der Waals surface area (Å²) in [7, 11) is 1.64. The van der Waals surface area contributed by atoms with Crippen LogP contribution in [-0.4, -0.2) is 33.0 Å². The zero-order valence-electron chi connectivity index (χ0n) is 18.3. The van der Waals surface area contributed by atoms with Crippen molar-refractivity contribution in [1.82, 2.24) is 20.1 Å². The van der Waals surface area contributed by atoms with Crippen molar-refractivity contribution in [3.63, 3.8) is 0 Å². The number of thioether (sulfide) groups is 1. The van der Waals surface area contributed by atoms with Gasteiger partial charge >= 0.3 is 0 Å². The van der Waals surface area contributed by atoms with Crippen LogP contribution in [0.3, 0.4) is 0 Å². The summed E-state index contributed by atoms with van der Waals surface area (Å²) in [6, 6.07) is 15.7. The minimum Gasteiger partial charge on any atom is -0.497 e. The Morgan fingerprint density at radius 1 is 1.19 bits per heavy atom. The van der Waals surface area contributed by atoms with Gasteiger partial charge in [-0.2, -0.15) is 0 Å². The molecule has 0 bridgehead atoms. The third-order valence-corrected chi connectivity index (χ3v) is 7.13. The number of nitrogens with one attached hydrogen (secondary N) is 1. The van der Waals surface area contributed by atoms with E-state index in [-0.39, 0.29) is 11.2 Å². The van der Waals surface area contributed by atoms with Crippen molar-refractivity contribution < 1.29 is 9.53 Å². The Morgan fingerprint density at radius 2 is 1.91 bits per heavy atom. The number of nitrogens with zero attached hydrogens (tertiary/aromatic N) is 3. The topological polar surface area (TPSA) is 69.0 Å². The van der Waals surface area contributed by atoms with E-state index in [4.69, 9.17) is 16.3 Å². The maximum Gasteiger partial charge on any atom is 0.233 e. The Morgan fingerprint density at radius 3 is 2.59 bits per heavy atom. The molecule has 1 amide bonds. The highest BCUT2D eigenvalue weighted by molar-refractivity contribution is 8.00. The van der Waals surface area contributed by atoms with Crippen molar-refractivity contribution in [3.8, 4) is 17.1 Å². The number of hydrogen-bond acceptors (Lipinski definition) is 5. The highest BCUT2D eigenvalue weighted by atomic mass is 35.5. The first kappa shape index (κ1) is 22.7. The number of halogens is 1. The van der Waals surface area contributed by atoms with Crippen LogP contribution in [-0.2, 0) is 11.3 Å². The van der Waals surface area contributed by atoms with Crippen molar-refractivity contribution >= 4 is 29.3 Å². The number of carbonyl (C=O) groups is 1. The van der Waals surface area contributed by atoms with Crippen LogP contribution < -0.4 is 10.1 Å². The summed E-state index contributed by atoms with van der Waals surface area (Å²) in [5, 5.41) is 13.1. The lowest BCUT2D eigenvalue weighted by atomic mass is 10.2. The Labute approximate surface area is 197 Å². The SMILES string of the molecule is COc1ccc(CNC(=O)[C@H](C)Sc2nnc(-c3ccccc3Cl)n2C2CCCC2)cc1. The Hall–Kier alpha value is -2.51. The van der Waals surface area contributed by atoms with Crippen molar-refractivity contribution in [2.45, 2.75) is 55.6 Å². The number of carbonyl (C=O) groups excluding carboxylic acids is 1. The lowest BCUT2D eigenvalue weighted by Crippen LogP contribution is -2.30. The minimum absolute atomic E-state index is 0.0360. The van der Waals surface area contributed by atoms with Crippen molar-refractivity contribution in [3.05, 3.63) is 59.1 Å². The Balaban J connectivity index is 1.49. The fraction of sp³-hybridized carbons (Fsp3) is 0.375. The zero-order chi connectivity index (χ0) is 22.5. The first-order valence-corrected chi connectivity index (χ1v) is 12.1. The van der Waals surface area contributed by atoms with Crippen molar-refractivity contribution in [1.29, 1.82) is 0 Å². The predicted molar refractivity (Wildman–Crippen MR) is 128 cm³/mol. The number of hydrogen-bond donors (Lipinski definition) is 1. The van der Waals surface area contributed by atoms with Gasteiger partial charge in [0.15, 0.2) is 11.0 Å². The second kappa shape index (κ2) is 10.4. The molecule has 1 saturated carbocycles. The quantitative estimate of drug-likeness (QED) is 0.439. The molecule has 1 fully saturated rings. The summed E-state index contributed by atoms with van der Waals surface area (Å²) in [5.41, 5.74) is 1.89. The Bertz CT molecular complexity index is 1060. The summed E-state index contributed by atoms with van der Waals surface area (Å²) in [6.45, 7) is 2.37. The van der Waals surface area contributed by atoms with E-state index >= 15 is 0 Å². The third-order valence-electron chi connectivity index (χ3n) is 5.75. The van der Waals surface area contributed by atoms with Gasteiger partial charge in [0.05, 0.1) is 17.4 Å². The average Bonchev–Trinajstić information content (AvgIpc) is 3.48. The fourth-order valence-electron chi connectivity index (χ4n) is 3.96. The molecule has 4 rings (SSSR count). The molecule has 0 unspecified atom stereocenters. The summed E-state index contributed by atoms with van der Waals surface area (Å²) in [5.74, 6) is 1.53. The van der Waals surface area contributed by atoms with Crippen LogP contribution in [0.2, 0.25) is 5.02 Å². The van der Waals surface area contributed by atoms with Gasteiger partial charge in [0.1, 0.15) is 5.75 Å². The highest BCUT2D eigenvalue weighted by Crippen LogP contribution is 2.39. The van der Waals surface area contributed by atoms with E-state index in [1.54, 1.807) is 7.11 Å². The van der Waals surface area contributed by atoms with E-state index < -0.39 is 0 Å². The molecular formula is C24H27ClN4O2S. The summed E-state index contributed by atoms with van der Waals surface area (Å²) in [6.07, 6.45) is 4.54. The molecule has 32 heavy (non-hydrogen) atoms. The lowest BCUT2D eigenvalue weighted by molar-refractivity contribution is -0.120. The van der Waals surface area contributed by atoms with Gasteiger partial charge in [-0.05, 0) is 49.6 Å². The zero-order valence-corrected chi connectivity index (χ0v) is 19.8. The van der Waals surface area contributed by atoms with Gasteiger partial charge in [-0.15, -0.1) is 10.2 Å².